The molecule has 0 spiro atoms. The molecule has 0 fully saturated rings. The Hall–Kier alpha value is -2.94. The number of aryl methyl sites for hydroxylation is 1. The normalized spacial score (nSPS) is 10.0. The van der Waals surface area contributed by atoms with Crippen LogP contribution in [0.1, 0.15) is 16.8 Å². The average molecular weight is 287 g/mol. The van der Waals surface area contributed by atoms with Gasteiger partial charge in [0.1, 0.15) is 0 Å². The molecule has 0 bridgehead atoms. The third kappa shape index (κ3) is 3.38. The molecule has 3 heteroatoms. The minimum Gasteiger partial charge on any atom is -0.278 e. The van der Waals surface area contributed by atoms with Crippen molar-refractivity contribution in [1.29, 1.82) is 0 Å². The van der Waals surface area contributed by atoms with Crippen molar-refractivity contribution >= 4 is 11.4 Å². The second-order valence-corrected chi connectivity index (χ2v) is 4.99. The van der Waals surface area contributed by atoms with Crippen LogP contribution in [0.5, 0.6) is 0 Å². The van der Waals surface area contributed by atoms with Gasteiger partial charge in [0.15, 0.2) is 0 Å². The van der Waals surface area contributed by atoms with E-state index in [9.17, 15) is 0 Å². The largest absolute Gasteiger partial charge is 0.278 e. The summed E-state index contributed by atoms with van der Waals surface area (Å²) in [5.41, 5.74) is 8.08. The molecule has 1 heterocycles. The minimum absolute atomic E-state index is 0.913. The van der Waals surface area contributed by atoms with Crippen LogP contribution in [0.4, 0.5) is 5.69 Å². The van der Waals surface area contributed by atoms with Gasteiger partial charge in [-0.3, -0.25) is 10.4 Å². The van der Waals surface area contributed by atoms with Crippen molar-refractivity contribution in [3.05, 3.63) is 95.8 Å². The predicted molar refractivity (Wildman–Crippen MR) is 91.1 cm³/mol. The summed E-state index contributed by atoms with van der Waals surface area (Å²) in [5, 5.41) is 4.61. The van der Waals surface area contributed by atoms with Crippen LogP contribution in [0, 0.1) is 6.92 Å². The molecule has 0 saturated carbocycles. The van der Waals surface area contributed by atoms with Gasteiger partial charge in [0, 0.05) is 23.0 Å². The van der Waals surface area contributed by atoms with E-state index >= 15 is 0 Å². The highest BCUT2D eigenvalue weighted by molar-refractivity contribution is 6.13. The first-order chi connectivity index (χ1) is 10.8. The predicted octanol–water partition coefficient (Wildman–Crippen LogP) is 4.25. The zero-order valence-electron chi connectivity index (χ0n) is 12.4. The summed E-state index contributed by atoms with van der Waals surface area (Å²) in [4.78, 5) is 4.19. The van der Waals surface area contributed by atoms with Crippen LogP contribution in [0.15, 0.2) is 84.1 Å². The van der Waals surface area contributed by atoms with Gasteiger partial charge in [-0.25, -0.2) is 0 Å². The number of hydrogen-bond acceptors (Lipinski definition) is 3. The van der Waals surface area contributed by atoms with Gasteiger partial charge in [-0.2, -0.15) is 5.10 Å². The van der Waals surface area contributed by atoms with Gasteiger partial charge >= 0.3 is 0 Å². The second-order valence-electron chi connectivity index (χ2n) is 4.99. The van der Waals surface area contributed by atoms with Crippen molar-refractivity contribution in [3.63, 3.8) is 0 Å². The lowest BCUT2D eigenvalue weighted by atomic mass is 10.0. The Balaban J connectivity index is 1.97. The Morgan fingerprint density at radius 2 is 1.45 bits per heavy atom. The quantitative estimate of drug-likeness (QED) is 0.575. The van der Waals surface area contributed by atoms with Gasteiger partial charge in [-0.15, -0.1) is 0 Å². The van der Waals surface area contributed by atoms with E-state index in [1.165, 1.54) is 0 Å². The van der Waals surface area contributed by atoms with E-state index in [4.69, 9.17) is 0 Å². The molecule has 3 nitrogen and oxygen atoms in total. The van der Waals surface area contributed by atoms with Crippen LogP contribution in [-0.4, -0.2) is 10.7 Å². The molecule has 22 heavy (non-hydrogen) atoms. The lowest BCUT2D eigenvalue weighted by Gasteiger charge is -2.08. The molecular weight excluding hydrogens is 270 g/mol. The van der Waals surface area contributed by atoms with Crippen LogP contribution >= 0.6 is 0 Å². The average Bonchev–Trinajstić information content (AvgIpc) is 2.57. The fraction of sp³-hybridized carbons (Fsp3) is 0.0526. The molecule has 0 radical (unpaired) electrons. The molecule has 0 saturated heterocycles. The molecule has 0 amide bonds. The molecular formula is C19H17N3. The van der Waals surface area contributed by atoms with Gasteiger partial charge in [0.05, 0.1) is 11.4 Å². The maximum atomic E-state index is 4.61. The highest BCUT2D eigenvalue weighted by atomic mass is 15.3. The van der Waals surface area contributed by atoms with Gasteiger partial charge in [-0.1, -0.05) is 60.7 Å². The number of pyridine rings is 1. The van der Waals surface area contributed by atoms with Crippen LogP contribution in [0.3, 0.4) is 0 Å². The van der Waals surface area contributed by atoms with E-state index in [-0.39, 0.29) is 0 Å². The molecule has 1 aromatic heterocycles. The van der Waals surface area contributed by atoms with Crippen molar-refractivity contribution in [1.82, 2.24) is 4.98 Å². The van der Waals surface area contributed by atoms with Crippen LogP contribution in [-0.2, 0) is 0 Å². The number of benzene rings is 2. The van der Waals surface area contributed by atoms with E-state index in [1.54, 1.807) is 6.20 Å². The van der Waals surface area contributed by atoms with E-state index in [2.05, 4.69) is 39.8 Å². The van der Waals surface area contributed by atoms with Crippen molar-refractivity contribution in [3.8, 4) is 0 Å². The molecule has 0 aliphatic heterocycles. The Bertz CT molecular complexity index is 723. The SMILES string of the molecule is Cc1cc(NN=C(c2ccccc2)c2ccccc2)ccn1. The number of hydrazone groups is 1. The minimum atomic E-state index is 0.913. The van der Waals surface area contributed by atoms with Crippen molar-refractivity contribution < 1.29 is 0 Å². The van der Waals surface area contributed by atoms with E-state index in [0.717, 1.165) is 28.2 Å². The first kappa shape index (κ1) is 14.0. The molecule has 3 aromatic rings. The Labute approximate surface area is 130 Å². The lowest BCUT2D eigenvalue weighted by Crippen LogP contribution is -2.06. The fourth-order valence-corrected chi connectivity index (χ4v) is 2.22. The Morgan fingerprint density at radius 3 is 2.00 bits per heavy atom. The van der Waals surface area contributed by atoms with Crippen molar-refractivity contribution in [2.45, 2.75) is 6.92 Å². The van der Waals surface area contributed by atoms with Crippen molar-refractivity contribution in [2.24, 2.45) is 5.10 Å². The molecule has 0 aliphatic rings. The summed E-state index contributed by atoms with van der Waals surface area (Å²) in [6, 6.07) is 24.2. The third-order valence-electron chi connectivity index (χ3n) is 3.29. The second kappa shape index (κ2) is 6.68. The number of nitrogens with zero attached hydrogens (tertiary/aromatic N) is 2. The summed E-state index contributed by atoms with van der Waals surface area (Å²) >= 11 is 0. The molecule has 1 N–H and O–H groups in total. The van der Waals surface area contributed by atoms with Gasteiger partial charge in [0.2, 0.25) is 0 Å². The maximum Gasteiger partial charge on any atom is 0.0977 e. The zero-order chi connectivity index (χ0) is 15.2. The first-order valence-corrected chi connectivity index (χ1v) is 7.20. The van der Waals surface area contributed by atoms with Crippen LogP contribution < -0.4 is 5.43 Å². The number of hydrogen-bond donors (Lipinski definition) is 1. The van der Waals surface area contributed by atoms with E-state index in [0.29, 0.717) is 0 Å². The highest BCUT2D eigenvalue weighted by Crippen LogP contribution is 2.13. The van der Waals surface area contributed by atoms with E-state index in [1.807, 2.05) is 55.5 Å². The Morgan fingerprint density at radius 1 is 0.864 bits per heavy atom. The van der Waals surface area contributed by atoms with E-state index < -0.39 is 0 Å². The van der Waals surface area contributed by atoms with Gasteiger partial charge < -0.3 is 0 Å². The summed E-state index contributed by atoms with van der Waals surface area (Å²) in [5.74, 6) is 0. The molecule has 0 aliphatic carbocycles. The lowest BCUT2D eigenvalue weighted by molar-refractivity contribution is 1.19. The fourth-order valence-electron chi connectivity index (χ4n) is 2.22. The number of aromatic nitrogens is 1. The third-order valence-corrected chi connectivity index (χ3v) is 3.29. The van der Waals surface area contributed by atoms with Crippen LogP contribution in [0.25, 0.3) is 0 Å². The zero-order valence-corrected chi connectivity index (χ0v) is 12.4. The molecule has 3 rings (SSSR count). The summed E-state index contributed by atoms with van der Waals surface area (Å²) in [7, 11) is 0. The number of rotatable bonds is 4. The topological polar surface area (TPSA) is 37.3 Å². The van der Waals surface area contributed by atoms with Crippen molar-refractivity contribution in [2.75, 3.05) is 5.43 Å². The van der Waals surface area contributed by atoms with Crippen LogP contribution in [0.2, 0.25) is 0 Å². The highest BCUT2D eigenvalue weighted by Gasteiger charge is 2.06. The Kier molecular flexibility index (Phi) is 4.25. The number of nitrogens with one attached hydrogen (secondary N) is 1. The monoisotopic (exact) mass is 287 g/mol. The molecule has 0 atom stereocenters. The summed E-state index contributed by atoms with van der Waals surface area (Å²) in [6.45, 7) is 1.96. The maximum absolute atomic E-state index is 4.61. The number of anilines is 1. The smallest absolute Gasteiger partial charge is 0.0977 e. The molecule has 0 unspecified atom stereocenters. The van der Waals surface area contributed by atoms with Gasteiger partial charge in [0.25, 0.3) is 0 Å². The first-order valence-electron chi connectivity index (χ1n) is 7.20. The summed E-state index contributed by atoms with van der Waals surface area (Å²) in [6.07, 6.45) is 1.78. The summed E-state index contributed by atoms with van der Waals surface area (Å²) < 4.78 is 0. The molecule has 108 valence electrons. The molecule has 2 aromatic carbocycles. The van der Waals surface area contributed by atoms with Gasteiger partial charge in [-0.05, 0) is 19.1 Å². The standard InChI is InChI=1S/C19H17N3/c1-15-14-18(12-13-20-15)21-22-19(16-8-4-2-5-9-16)17-10-6-3-7-11-17/h2-14H,1H3,(H,20,21).